The highest BCUT2D eigenvalue weighted by Crippen LogP contribution is 2.40. The Hall–Kier alpha value is -3.41. The quantitative estimate of drug-likeness (QED) is 0.497. The Morgan fingerprint density at radius 1 is 0.941 bits per heavy atom. The third kappa shape index (κ3) is 4.91. The maximum Gasteiger partial charge on any atom is 0.243 e. The number of sulfonamides is 1. The SMILES string of the molecule is COc1cc(Nc2nccc(-c3ccc(S(=O)(=O)N4CCNCC4)cc3)n2)cc(OC)c1OC. The van der Waals surface area contributed by atoms with Crippen molar-refractivity contribution in [3.63, 3.8) is 0 Å². The van der Waals surface area contributed by atoms with Crippen LogP contribution in [-0.4, -0.2) is 70.2 Å². The zero-order valence-corrected chi connectivity index (χ0v) is 20.1. The fourth-order valence-electron chi connectivity index (χ4n) is 3.69. The highest BCUT2D eigenvalue weighted by atomic mass is 32.2. The summed E-state index contributed by atoms with van der Waals surface area (Å²) in [5.41, 5.74) is 2.08. The van der Waals surface area contributed by atoms with Crippen molar-refractivity contribution in [2.24, 2.45) is 0 Å². The van der Waals surface area contributed by atoms with E-state index in [1.807, 2.05) is 0 Å². The van der Waals surface area contributed by atoms with E-state index in [0.29, 0.717) is 60.8 Å². The second-order valence-electron chi connectivity index (χ2n) is 7.48. The molecule has 0 atom stereocenters. The molecule has 0 unspecified atom stereocenters. The Balaban J connectivity index is 1.56. The highest BCUT2D eigenvalue weighted by molar-refractivity contribution is 7.89. The number of ether oxygens (including phenoxy) is 3. The van der Waals surface area contributed by atoms with Gasteiger partial charge in [0.15, 0.2) is 11.5 Å². The molecule has 2 N–H and O–H groups in total. The van der Waals surface area contributed by atoms with Crippen molar-refractivity contribution in [1.29, 1.82) is 0 Å². The number of piperazine rings is 1. The molecule has 0 radical (unpaired) electrons. The van der Waals surface area contributed by atoms with Crippen LogP contribution in [0.15, 0.2) is 53.6 Å². The minimum Gasteiger partial charge on any atom is -0.493 e. The molecule has 1 aromatic heterocycles. The molecular weight excluding hydrogens is 458 g/mol. The van der Waals surface area contributed by atoms with Gasteiger partial charge in [0.2, 0.25) is 21.7 Å². The Morgan fingerprint density at radius 3 is 2.18 bits per heavy atom. The molecule has 11 heteroatoms. The third-order valence-corrected chi connectivity index (χ3v) is 7.35. The van der Waals surface area contributed by atoms with E-state index in [1.165, 1.54) is 4.31 Å². The molecule has 10 nitrogen and oxygen atoms in total. The molecule has 1 saturated heterocycles. The zero-order valence-electron chi connectivity index (χ0n) is 19.2. The minimum absolute atomic E-state index is 0.267. The molecule has 2 heterocycles. The standard InChI is InChI=1S/C23H27N5O5S/c1-31-20-14-17(15-21(32-2)22(20)33-3)26-23-25-9-8-19(27-23)16-4-6-18(7-5-16)34(29,30)28-12-10-24-11-13-28/h4-9,14-15,24H,10-13H2,1-3H3,(H,25,26,27). The maximum absolute atomic E-state index is 12.9. The number of anilines is 2. The Morgan fingerprint density at radius 2 is 1.59 bits per heavy atom. The van der Waals surface area contributed by atoms with E-state index in [2.05, 4.69) is 20.6 Å². The number of hydrogen-bond acceptors (Lipinski definition) is 9. The fourth-order valence-corrected chi connectivity index (χ4v) is 5.13. The first kappa shape index (κ1) is 23.7. The monoisotopic (exact) mass is 485 g/mol. The smallest absolute Gasteiger partial charge is 0.243 e. The van der Waals surface area contributed by atoms with Crippen molar-refractivity contribution in [1.82, 2.24) is 19.6 Å². The van der Waals surface area contributed by atoms with Gasteiger partial charge in [0, 0.05) is 55.8 Å². The van der Waals surface area contributed by atoms with E-state index in [4.69, 9.17) is 14.2 Å². The number of nitrogens with zero attached hydrogens (tertiary/aromatic N) is 3. The summed E-state index contributed by atoms with van der Waals surface area (Å²) in [5.74, 6) is 1.86. The van der Waals surface area contributed by atoms with E-state index in [0.717, 1.165) is 5.56 Å². The number of rotatable bonds is 8. The topological polar surface area (TPSA) is 115 Å². The van der Waals surface area contributed by atoms with Crippen LogP contribution in [0.1, 0.15) is 0 Å². The van der Waals surface area contributed by atoms with Gasteiger partial charge in [-0.3, -0.25) is 0 Å². The van der Waals surface area contributed by atoms with E-state index in [9.17, 15) is 8.42 Å². The van der Waals surface area contributed by atoms with Gasteiger partial charge in [-0.2, -0.15) is 4.31 Å². The lowest BCUT2D eigenvalue weighted by Gasteiger charge is -2.26. The molecule has 0 aliphatic carbocycles. The maximum atomic E-state index is 12.9. The van der Waals surface area contributed by atoms with Gasteiger partial charge in [0.25, 0.3) is 0 Å². The molecule has 3 aromatic rings. The van der Waals surface area contributed by atoms with Gasteiger partial charge < -0.3 is 24.8 Å². The molecule has 0 amide bonds. The van der Waals surface area contributed by atoms with Gasteiger partial charge in [-0.25, -0.2) is 18.4 Å². The average Bonchev–Trinajstić information content (AvgIpc) is 2.88. The van der Waals surface area contributed by atoms with Crippen molar-refractivity contribution in [3.05, 3.63) is 48.7 Å². The lowest BCUT2D eigenvalue weighted by atomic mass is 10.1. The number of methoxy groups -OCH3 is 3. The molecule has 2 aromatic carbocycles. The molecular formula is C23H27N5O5S. The van der Waals surface area contributed by atoms with E-state index < -0.39 is 10.0 Å². The van der Waals surface area contributed by atoms with Crippen molar-refractivity contribution in [2.75, 3.05) is 52.8 Å². The fraction of sp³-hybridized carbons (Fsp3) is 0.304. The van der Waals surface area contributed by atoms with Gasteiger partial charge in [-0.05, 0) is 18.2 Å². The second-order valence-corrected chi connectivity index (χ2v) is 9.42. The molecule has 1 aliphatic heterocycles. The Kier molecular flexibility index (Phi) is 7.15. The van der Waals surface area contributed by atoms with Crippen molar-refractivity contribution >= 4 is 21.7 Å². The summed E-state index contributed by atoms with van der Waals surface area (Å²) in [6.07, 6.45) is 1.63. The molecule has 0 saturated carbocycles. The van der Waals surface area contributed by atoms with Crippen molar-refractivity contribution in [3.8, 4) is 28.5 Å². The summed E-state index contributed by atoms with van der Waals surface area (Å²) in [5, 5.41) is 6.31. The molecule has 4 rings (SSSR count). The molecule has 0 bridgehead atoms. The predicted octanol–water partition coefficient (Wildman–Crippen LogP) is 2.51. The van der Waals surface area contributed by atoms with Gasteiger partial charge in [-0.1, -0.05) is 12.1 Å². The molecule has 34 heavy (non-hydrogen) atoms. The number of aromatic nitrogens is 2. The summed E-state index contributed by atoms with van der Waals surface area (Å²) in [4.78, 5) is 9.13. The predicted molar refractivity (Wildman–Crippen MR) is 128 cm³/mol. The van der Waals surface area contributed by atoms with Crippen LogP contribution in [0.5, 0.6) is 17.2 Å². The molecule has 180 valence electrons. The van der Waals surface area contributed by atoms with E-state index >= 15 is 0 Å². The van der Waals surface area contributed by atoms with E-state index in [-0.39, 0.29) is 4.90 Å². The molecule has 1 aliphatic rings. The number of nitrogens with one attached hydrogen (secondary N) is 2. The summed E-state index contributed by atoms with van der Waals surface area (Å²) >= 11 is 0. The first-order valence-corrected chi connectivity index (χ1v) is 12.1. The second kappa shape index (κ2) is 10.2. The molecule has 0 spiro atoms. The average molecular weight is 486 g/mol. The summed E-state index contributed by atoms with van der Waals surface area (Å²) in [7, 11) is 1.12. The van der Waals surface area contributed by atoms with Crippen LogP contribution in [0.3, 0.4) is 0 Å². The summed E-state index contributed by atoms with van der Waals surface area (Å²) in [6, 6.07) is 12.0. The Bertz CT molecular complexity index is 1220. The van der Waals surface area contributed by atoms with Crippen LogP contribution in [0.25, 0.3) is 11.3 Å². The first-order chi connectivity index (χ1) is 16.5. The largest absolute Gasteiger partial charge is 0.493 e. The van der Waals surface area contributed by atoms with Crippen molar-refractivity contribution < 1.29 is 22.6 Å². The lowest BCUT2D eigenvalue weighted by molar-refractivity contribution is 0.324. The van der Waals surface area contributed by atoms with Gasteiger partial charge in [0.1, 0.15) is 0 Å². The highest BCUT2D eigenvalue weighted by Gasteiger charge is 2.25. The van der Waals surface area contributed by atoms with Crippen LogP contribution in [-0.2, 0) is 10.0 Å². The number of hydrogen-bond donors (Lipinski definition) is 2. The van der Waals surface area contributed by atoms with Crippen LogP contribution < -0.4 is 24.8 Å². The van der Waals surface area contributed by atoms with Crippen LogP contribution in [0.2, 0.25) is 0 Å². The van der Waals surface area contributed by atoms with Crippen LogP contribution in [0.4, 0.5) is 11.6 Å². The van der Waals surface area contributed by atoms with Crippen molar-refractivity contribution in [2.45, 2.75) is 4.90 Å². The lowest BCUT2D eigenvalue weighted by Crippen LogP contribution is -2.46. The van der Waals surface area contributed by atoms with Gasteiger partial charge in [0.05, 0.1) is 31.9 Å². The van der Waals surface area contributed by atoms with Crippen LogP contribution >= 0.6 is 0 Å². The zero-order chi connectivity index (χ0) is 24.1. The van der Waals surface area contributed by atoms with Gasteiger partial charge >= 0.3 is 0 Å². The van der Waals surface area contributed by atoms with E-state index in [1.54, 1.807) is 70.0 Å². The third-order valence-electron chi connectivity index (χ3n) is 5.44. The first-order valence-electron chi connectivity index (χ1n) is 10.7. The minimum atomic E-state index is -3.51. The summed E-state index contributed by atoms with van der Waals surface area (Å²) in [6.45, 7) is 2.23. The Labute approximate surface area is 198 Å². The normalized spacial score (nSPS) is 14.4. The van der Waals surface area contributed by atoms with Gasteiger partial charge in [-0.15, -0.1) is 0 Å². The summed E-state index contributed by atoms with van der Waals surface area (Å²) < 4.78 is 43.4. The molecule has 1 fully saturated rings. The van der Waals surface area contributed by atoms with Crippen LogP contribution in [0, 0.1) is 0 Å². The number of benzene rings is 2.